The number of aromatic nitrogens is 2. The summed E-state index contributed by atoms with van der Waals surface area (Å²) in [5, 5.41) is 5.49. The van der Waals surface area contributed by atoms with E-state index in [4.69, 9.17) is 9.47 Å². The first kappa shape index (κ1) is 24.7. The molecule has 37 heavy (non-hydrogen) atoms. The van der Waals surface area contributed by atoms with Crippen molar-refractivity contribution >= 4 is 23.2 Å². The van der Waals surface area contributed by atoms with Crippen molar-refractivity contribution in [2.24, 2.45) is 0 Å². The third kappa shape index (κ3) is 5.26. The molecule has 0 saturated carbocycles. The number of benzene rings is 2. The Morgan fingerprint density at radius 3 is 2.65 bits per heavy atom. The Kier molecular flexibility index (Phi) is 6.32. The monoisotopic (exact) mass is 512 g/mol. The van der Waals surface area contributed by atoms with Crippen LogP contribution in [0, 0.1) is 6.92 Å². The SMILES string of the molecule is Cc1ccc(NC(=O)c2cncc(C(F)(F)F)n2)cc1-c1ccc2c(c1)OC1(CCOCC1)CC(=O)N2. The van der Waals surface area contributed by atoms with Crippen LogP contribution in [0.1, 0.15) is 41.0 Å². The first-order chi connectivity index (χ1) is 17.6. The summed E-state index contributed by atoms with van der Waals surface area (Å²) in [6.45, 7) is 2.92. The van der Waals surface area contributed by atoms with Crippen LogP contribution in [0.25, 0.3) is 11.1 Å². The van der Waals surface area contributed by atoms with Gasteiger partial charge >= 0.3 is 6.18 Å². The third-order valence-electron chi connectivity index (χ3n) is 6.43. The fraction of sp³-hybridized carbons (Fsp3) is 0.308. The predicted molar refractivity (Wildman–Crippen MR) is 128 cm³/mol. The van der Waals surface area contributed by atoms with Gasteiger partial charge in [-0.15, -0.1) is 0 Å². The summed E-state index contributed by atoms with van der Waals surface area (Å²) < 4.78 is 50.7. The summed E-state index contributed by atoms with van der Waals surface area (Å²) in [5.74, 6) is -0.395. The first-order valence-electron chi connectivity index (χ1n) is 11.6. The van der Waals surface area contributed by atoms with Crippen LogP contribution < -0.4 is 15.4 Å². The molecule has 192 valence electrons. The minimum absolute atomic E-state index is 0.119. The number of ether oxygens (including phenoxy) is 2. The number of alkyl halides is 3. The Bertz CT molecular complexity index is 1370. The molecule has 11 heteroatoms. The van der Waals surface area contributed by atoms with Crippen LogP contribution in [0.2, 0.25) is 0 Å². The minimum atomic E-state index is -4.71. The number of halogens is 3. The minimum Gasteiger partial charge on any atom is -0.484 e. The molecule has 1 fully saturated rings. The molecule has 0 radical (unpaired) electrons. The largest absolute Gasteiger partial charge is 0.484 e. The normalized spacial score (nSPS) is 16.8. The van der Waals surface area contributed by atoms with Gasteiger partial charge in [-0.25, -0.2) is 4.98 Å². The second kappa shape index (κ2) is 9.47. The highest BCUT2D eigenvalue weighted by Gasteiger charge is 2.40. The van der Waals surface area contributed by atoms with Gasteiger partial charge in [0.1, 0.15) is 17.0 Å². The average molecular weight is 512 g/mol. The summed E-state index contributed by atoms with van der Waals surface area (Å²) in [6, 6.07) is 10.6. The lowest BCUT2D eigenvalue weighted by molar-refractivity contribution is -0.141. The molecule has 2 aliphatic rings. The molecular weight excluding hydrogens is 489 g/mol. The maximum atomic E-state index is 13.0. The second-order valence-corrected chi connectivity index (χ2v) is 9.10. The first-order valence-corrected chi connectivity index (χ1v) is 11.6. The van der Waals surface area contributed by atoms with Crippen molar-refractivity contribution in [3.05, 3.63) is 65.7 Å². The topological polar surface area (TPSA) is 102 Å². The van der Waals surface area contributed by atoms with Crippen LogP contribution in [-0.2, 0) is 15.7 Å². The van der Waals surface area contributed by atoms with Crippen LogP contribution >= 0.6 is 0 Å². The molecule has 0 bridgehead atoms. The maximum absolute atomic E-state index is 13.0. The Balaban J connectivity index is 1.43. The van der Waals surface area contributed by atoms with Crippen LogP contribution in [0.5, 0.6) is 5.75 Å². The molecule has 0 aliphatic carbocycles. The molecule has 0 unspecified atom stereocenters. The standard InChI is InChI=1S/C26H23F3N4O4/c1-15-2-4-17(31-24(35)20-13-30-14-22(32-20)26(27,28)29)11-18(15)16-3-5-19-21(10-16)37-25(12-23(34)33-19)6-8-36-9-7-25/h2-5,10-11,13-14H,6-9,12H2,1H3,(H,31,35)(H,33,34). The van der Waals surface area contributed by atoms with Gasteiger partial charge < -0.3 is 20.1 Å². The number of carbonyl (C=O) groups is 2. The number of aryl methyl sites for hydroxylation is 1. The molecule has 8 nitrogen and oxygen atoms in total. The Morgan fingerprint density at radius 1 is 1.11 bits per heavy atom. The van der Waals surface area contributed by atoms with Crippen molar-refractivity contribution < 1.29 is 32.2 Å². The smallest absolute Gasteiger partial charge is 0.434 e. The van der Waals surface area contributed by atoms with Crippen molar-refractivity contribution in [3.63, 3.8) is 0 Å². The zero-order valence-corrected chi connectivity index (χ0v) is 19.8. The van der Waals surface area contributed by atoms with E-state index in [1.165, 1.54) is 0 Å². The van der Waals surface area contributed by atoms with Gasteiger partial charge in [0.05, 0.1) is 37.7 Å². The predicted octanol–water partition coefficient (Wildman–Crippen LogP) is 4.99. The van der Waals surface area contributed by atoms with E-state index >= 15 is 0 Å². The lowest BCUT2D eigenvalue weighted by Gasteiger charge is -2.35. The van der Waals surface area contributed by atoms with Crippen molar-refractivity contribution in [3.8, 4) is 16.9 Å². The van der Waals surface area contributed by atoms with Gasteiger partial charge in [0.25, 0.3) is 5.91 Å². The molecule has 5 rings (SSSR count). The summed E-state index contributed by atoms with van der Waals surface area (Å²) in [7, 11) is 0. The molecule has 2 aromatic carbocycles. The third-order valence-corrected chi connectivity index (χ3v) is 6.43. The number of nitrogens with zero attached hydrogens (tertiary/aromatic N) is 2. The van der Waals surface area contributed by atoms with Gasteiger partial charge in [-0.05, 0) is 47.9 Å². The Morgan fingerprint density at radius 2 is 1.89 bits per heavy atom. The van der Waals surface area contributed by atoms with Crippen LogP contribution in [0.4, 0.5) is 24.5 Å². The maximum Gasteiger partial charge on any atom is 0.434 e. The molecule has 1 spiro atoms. The van der Waals surface area contributed by atoms with E-state index in [1.807, 2.05) is 19.1 Å². The molecule has 2 amide bonds. The number of amides is 2. The highest BCUT2D eigenvalue weighted by molar-refractivity contribution is 6.03. The molecule has 1 saturated heterocycles. The molecule has 2 N–H and O–H groups in total. The van der Waals surface area contributed by atoms with E-state index < -0.39 is 29.1 Å². The average Bonchev–Trinajstić information content (AvgIpc) is 2.99. The Hall–Kier alpha value is -3.99. The van der Waals surface area contributed by atoms with E-state index in [-0.39, 0.29) is 12.3 Å². The second-order valence-electron chi connectivity index (χ2n) is 9.10. The molecule has 0 atom stereocenters. The van der Waals surface area contributed by atoms with Crippen LogP contribution in [-0.4, -0.2) is 40.6 Å². The number of hydrogen-bond donors (Lipinski definition) is 2. The zero-order valence-electron chi connectivity index (χ0n) is 19.8. The van der Waals surface area contributed by atoms with E-state index in [9.17, 15) is 22.8 Å². The summed E-state index contributed by atoms with van der Waals surface area (Å²) >= 11 is 0. The van der Waals surface area contributed by atoms with E-state index in [0.29, 0.717) is 49.4 Å². The summed E-state index contributed by atoms with van der Waals surface area (Å²) in [4.78, 5) is 32.0. The lowest BCUT2D eigenvalue weighted by atomic mass is 9.90. The Labute approximate surface area is 210 Å². The molecule has 3 aromatic rings. The molecule has 3 heterocycles. The van der Waals surface area contributed by atoms with E-state index in [2.05, 4.69) is 20.6 Å². The number of rotatable bonds is 3. The van der Waals surface area contributed by atoms with Gasteiger partial charge in [-0.1, -0.05) is 12.1 Å². The van der Waals surface area contributed by atoms with Crippen molar-refractivity contribution in [2.75, 3.05) is 23.8 Å². The molecular formula is C26H23F3N4O4. The number of hydrogen-bond acceptors (Lipinski definition) is 6. The summed E-state index contributed by atoms with van der Waals surface area (Å²) in [6.07, 6.45) is -1.74. The van der Waals surface area contributed by atoms with E-state index in [0.717, 1.165) is 22.9 Å². The fourth-order valence-electron chi connectivity index (χ4n) is 4.47. The number of anilines is 2. The van der Waals surface area contributed by atoms with Crippen molar-refractivity contribution in [1.82, 2.24) is 9.97 Å². The van der Waals surface area contributed by atoms with Gasteiger partial charge in [-0.2, -0.15) is 13.2 Å². The summed E-state index contributed by atoms with van der Waals surface area (Å²) in [5.41, 5.74) is 1.06. The lowest BCUT2D eigenvalue weighted by Crippen LogP contribution is -2.43. The quantitative estimate of drug-likeness (QED) is 0.513. The van der Waals surface area contributed by atoms with E-state index in [1.54, 1.807) is 24.3 Å². The van der Waals surface area contributed by atoms with Gasteiger partial charge in [-0.3, -0.25) is 14.6 Å². The highest BCUT2D eigenvalue weighted by atomic mass is 19.4. The number of carbonyl (C=O) groups excluding carboxylic acids is 2. The zero-order chi connectivity index (χ0) is 26.2. The van der Waals surface area contributed by atoms with Crippen molar-refractivity contribution in [2.45, 2.75) is 38.0 Å². The highest BCUT2D eigenvalue weighted by Crippen LogP contribution is 2.41. The van der Waals surface area contributed by atoms with Gasteiger partial charge in [0, 0.05) is 18.5 Å². The molecule has 1 aromatic heterocycles. The fourth-order valence-corrected chi connectivity index (χ4v) is 4.47. The van der Waals surface area contributed by atoms with Crippen molar-refractivity contribution in [1.29, 1.82) is 0 Å². The molecule has 2 aliphatic heterocycles. The van der Waals surface area contributed by atoms with Crippen LogP contribution in [0.3, 0.4) is 0 Å². The number of fused-ring (bicyclic) bond motifs is 1. The van der Waals surface area contributed by atoms with Gasteiger partial charge in [0.15, 0.2) is 5.69 Å². The van der Waals surface area contributed by atoms with Crippen LogP contribution in [0.15, 0.2) is 48.8 Å². The van der Waals surface area contributed by atoms with Gasteiger partial charge in [0.2, 0.25) is 5.91 Å². The number of nitrogens with one attached hydrogen (secondary N) is 2.